The second-order valence-corrected chi connectivity index (χ2v) is 5.72. The molecule has 0 amide bonds. The minimum Gasteiger partial charge on any atom is -0.385 e. The van der Waals surface area contributed by atoms with E-state index in [0.717, 1.165) is 55.7 Å². The van der Waals surface area contributed by atoms with Crippen LogP contribution in [0.1, 0.15) is 48.5 Å². The fourth-order valence-corrected chi connectivity index (χ4v) is 2.52. The number of aryl methyl sites for hydroxylation is 3. The van der Waals surface area contributed by atoms with E-state index in [-0.39, 0.29) is 0 Å². The zero-order chi connectivity index (χ0) is 14.4. The van der Waals surface area contributed by atoms with Crippen molar-refractivity contribution in [3.63, 3.8) is 0 Å². The maximum atomic E-state index is 5.08. The highest BCUT2D eigenvalue weighted by molar-refractivity contribution is 5.24. The molecule has 1 aromatic heterocycles. The van der Waals surface area contributed by atoms with Gasteiger partial charge < -0.3 is 10.1 Å². The molecule has 0 bridgehead atoms. The third-order valence-electron chi connectivity index (χ3n) is 3.83. The van der Waals surface area contributed by atoms with E-state index in [0.29, 0.717) is 0 Å². The third-order valence-corrected chi connectivity index (χ3v) is 3.83. The van der Waals surface area contributed by atoms with Gasteiger partial charge in [0.05, 0.1) is 0 Å². The summed E-state index contributed by atoms with van der Waals surface area (Å²) < 4.78 is 5.08. The highest BCUT2D eigenvalue weighted by Gasteiger charge is 2.19. The average Bonchev–Trinajstić information content (AvgIpc) is 3.21. The van der Waals surface area contributed by atoms with E-state index in [9.17, 15) is 0 Å². The summed E-state index contributed by atoms with van der Waals surface area (Å²) >= 11 is 0. The van der Waals surface area contributed by atoms with E-state index in [2.05, 4.69) is 29.1 Å². The molecule has 1 heterocycles. The van der Waals surface area contributed by atoms with Gasteiger partial charge in [0, 0.05) is 37.6 Å². The Hall–Kier alpha value is -1.00. The van der Waals surface area contributed by atoms with Crippen molar-refractivity contribution in [2.75, 3.05) is 20.3 Å². The second-order valence-electron chi connectivity index (χ2n) is 5.72. The van der Waals surface area contributed by atoms with Crippen LogP contribution in [0.25, 0.3) is 0 Å². The lowest BCUT2D eigenvalue weighted by molar-refractivity contribution is 0.194. The molecule has 0 saturated heterocycles. The standard InChI is InChI=1S/C16H27N3O/c1-12-15(6-4-10-17-14-8-9-14)13(2)19-16(18-12)7-5-11-20-3/h14,17H,4-11H2,1-3H3. The Labute approximate surface area is 122 Å². The number of hydrogen-bond acceptors (Lipinski definition) is 4. The summed E-state index contributed by atoms with van der Waals surface area (Å²) in [5.41, 5.74) is 3.63. The number of rotatable bonds is 9. The molecule has 0 atom stereocenters. The molecule has 0 unspecified atom stereocenters. The van der Waals surface area contributed by atoms with E-state index < -0.39 is 0 Å². The zero-order valence-corrected chi connectivity index (χ0v) is 13.0. The van der Waals surface area contributed by atoms with Gasteiger partial charge in [-0.1, -0.05) is 0 Å². The number of nitrogens with zero attached hydrogens (tertiary/aromatic N) is 2. The van der Waals surface area contributed by atoms with Crippen LogP contribution in [0.3, 0.4) is 0 Å². The van der Waals surface area contributed by atoms with E-state index >= 15 is 0 Å². The molecule has 4 nitrogen and oxygen atoms in total. The van der Waals surface area contributed by atoms with Crippen LogP contribution in [0, 0.1) is 13.8 Å². The number of nitrogens with one attached hydrogen (secondary N) is 1. The molecule has 4 heteroatoms. The smallest absolute Gasteiger partial charge is 0.128 e. The van der Waals surface area contributed by atoms with Gasteiger partial charge in [0.25, 0.3) is 0 Å². The molecule has 0 aromatic carbocycles. The average molecular weight is 277 g/mol. The van der Waals surface area contributed by atoms with Crippen LogP contribution in [-0.2, 0) is 17.6 Å². The molecule has 1 aliphatic rings. The molecule has 2 rings (SSSR count). The summed E-state index contributed by atoms with van der Waals surface area (Å²) in [5, 5.41) is 3.56. The molecule has 112 valence electrons. The Morgan fingerprint density at radius 2 is 1.80 bits per heavy atom. The first-order valence-electron chi connectivity index (χ1n) is 7.76. The van der Waals surface area contributed by atoms with Crippen LogP contribution in [0.5, 0.6) is 0 Å². The van der Waals surface area contributed by atoms with Crippen molar-refractivity contribution >= 4 is 0 Å². The third kappa shape index (κ3) is 4.84. The molecular formula is C16H27N3O. The summed E-state index contributed by atoms with van der Waals surface area (Å²) in [6.45, 7) is 6.10. The van der Waals surface area contributed by atoms with Crippen molar-refractivity contribution in [2.24, 2.45) is 0 Å². The van der Waals surface area contributed by atoms with Crippen molar-refractivity contribution in [1.82, 2.24) is 15.3 Å². The predicted molar refractivity (Wildman–Crippen MR) is 81.0 cm³/mol. The molecular weight excluding hydrogens is 250 g/mol. The predicted octanol–water partition coefficient (Wildman–Crippen LogP) is 2.36. The van der Waals surface area contributed by atoms with E-state index in [4.69, 9.17) is 4.74 Å². The molecule has 0 aliphatic heterocycles. The van der Waals surface area contributed by atoms with Gasteiger partial charge in [0.2, 0.25) is 0 Å². The van der Waals surface area contributed by atoms with Gasteiger partial charge in [-0.25, -0.2) is 9.97 Å². The van der Waals surface area contributed by atoms with Crippen molar-refractivity contribution in [1.29, 1.82) is 0 Å². The number of methoxy groups -OCH3 is 1. The van der Waals surface area contributed by atoms with Crippen molar-refractivity contribution in [2.45, 2.75) is 58.4 Å². The highest BCUT2D eigenvalue weighted by atomic mass is 16.5. The van der Waals surface area contributed by atoms with E-state index in [1.165, 1.54) is 24.8 Å². The molecule has 0 spiro atoms. The van der Waals surface area contributed by atoms with E-state index in [1.54, 1.807) is 7.11 Å². The maximum Gasteiger partial charge on any atom is 0.128 e. The van der Waals surface area contributed by atoms with Crippen LogP contribution in [0.4, 0.5) is 0 Å². The number of aromatic nitrogens is 2. The maximum absolute atomic E-state index is 5.08. The van der Waals surface area contributed by atoms with Crippen LogP contribution in [0.2, 0.25) is 0 Å². The lowest BCUT2D eigenvalue weighted by Gasteiger charge is -2.11. The summed E-state index contributed by atoms with van der Waals surface area (Å²) in [6, 6.07) is 0.802. The zero-order valence-electron chi connectivity index (χ0n) is 13.0. The van der Waals surface area contributed by atoms with Gasteiger partial charge in [-0.2, -0.15) is 0 Å². The summed E-state index contributed by atoms with van der Waals surface area (Å²) in [7, 11) is 1.73. The second kappa shape index (κ2) is 7.70. The van der Waals surface area contributed by atoms with Crippen LogP contribution in [0.15, 0.2) is 0 Å². The largest absolute Gasteiger partial charge is 0.385 e. The van der Waals surface area contributed by atoms with Crippen molar-refractivity contribution in [3.8, 4) is 0 Å². The van der Waals surface area contributed by atoms with Gasteiger partial charge in [-0.3, -0.25) is 0 Å². The van der Waals surface area contributed by atoms with Gasteiger partial charge in [-0.15, -0.1) is 0 Å². The monoisotopic (exact) mass is 277 g/mol. The first-order valence-corrected chi connectivity index (χ1v) is 7.76. The lowest BCUT2D eigenvalue weighted by atomic mass is 10.1. The Balaban J connectivity index is 1.84. The van der Waals surface area contributed by atoms with Crippen LogP contribution < -0.4 is 5.32 Å². The summed E-state index contributed by atoms with van der Waals surface area (Å²) in [5.74, 6) is 0.955. The number of hydrogen-bond donors (Lipinski definition) is 1. The van der Waals surface area contributed by atoms with Crippen LogP contribution >= 0.6 is 0 Å². The minimum atomic E-state index is 0.774. The molecule has 1 aliphatic carbocycles. The Kier molecular flexibility index (Phi) is 5.92. The summed E-state index contributed by atoms with van der Waals surface area (Å²) in [4.78, 5) is 9.29. The normalized spacial score (nSPS) is 14.8. The molecule has 1 aromatic rings. The number of ether oxygens (including phenoxy) is 1. The van der Waals surface area contributed by atoms with Crippen molar-refractivity contribution < 1.29 is 4.74 Å². The Morgan fingerprint density at radius 1 is 1.10 bits per heavy atom. The van der Waals surface area contributed by atoms with Crippen LogP contribution in [-0.4, -0.2) is 36.3 Å². The molecule has 20 heavy (non-hydrogen) atoms. The minimum absolute atomic E-state index is 0.774. The van der Waals surface area contributed by atoms with Gasteiger partial charge in [0.1, 0.15) is 5.82 Å². The first kappa shape index (κ1) is 15.4. The quantitative estimate of drug-likeness (QED) is 0.704. The Morgan fingerprint density at radius 3 is 2.40 bits per heavy atom. The fraction of sp³-hybridized carbons (Fsp3) is 0.750. The van der Waals surface area contributed by atoms with E-state index in [1.807, 2.05) is 0 Å². The molecule has 1 saturated carbocycles. The van der Waals surface area contributed by atoms with Gasteiger partial charge >= 0.3 is 0 Å². The fourth-order valence-electron chi connectivity index (χ4n) is 2.52. The molecule has 1 fully saturated rings. The Bertz CT molecular complexity index is 407. The van der Waals surface area contributed by atoms with Gasteiger partial charge in [0.15, 0.2) is 0 Å². The topological polar surface area (TPSA) is 47.0 Å². The van der Waals surface area contributed by atoms with Gasteiger partial charge in [-0.05, 0) is 58.1 Å². The SMILES string of the molecule is COCCCc1nc(C)c(CCCNC2CC2)c(C)n1. The lowest BCUT2D eigenvalue weighted by Crippen LogP contribution is -2.18. The first-order chi connectivity index (χ1) is 9.70. The molecule has 1 N–H and O–H groups in total. The summed E-state index contributed by atoms with van der Waals surface area (Å²) in [6.07, 6.45) is 6.86. The van der Waals surface area contributed by atoms with Crippen molar-refractivity contribution in [3.05, 3.63) is 22.8 Å². The highest BCUT2D eigenvalue weighted by Crippen LogP contribution is 2.19. The molecule has 0 radical (unpaired) electrons.